The van der Waals surface area contributed by atoms with Gasteiger partial charge in [-0.25, -0.2) is 12.7 Å². The molecule has 7 heteroatoms. The highest BCUT2D eigenvalue weighted by Crippen LogP contribution is 2.16. The van der Waals surface area contributed by atoms with E-state index in [1.165, 1.54) is 18.4 Å². The van der Waals surface area contributed by atoms with Gasteiger partial charge < -0.3 is 15.4 Å². The fraction of sp³-hybridized carbons (Fsp3) is 0.538. The van der Waals surface area contributed by atoms with Crippen molar-refractivity contribution in [2.24, 2.45) is 0 Å². The van der Waals surface area contributed by atoms with Crippen LogP contribution in [0, 0.1) is 0 Å². The molecule has 0 aliphatic carbocycles. The number of rotatable bonds is 5. The standard InChI is InChI=1S/C13H21N3O3S/c1-16(2)20(17,18)13-5-3-11(4-6-13)15-9-12-10-19-8-7-14-12/h3-6,12,14-15H,7-10H2,1-2H3. The highest BCUT2D eigenvalue weighted by molar-refractivity contribution is 7.89. The molecule has 0 saturated carbocycles. The van der Waals surface area contributed by atoms with Crippen molar-refractivity contribution in [1.29, 1.82) is 0 Å². The molecule has 0 radical (unpaired) electrons. The maximum Gasteiger partial charge on any atom is 0.242 e. The second-order valence-corrected chi connectivity index (χ2v) is 7.07. The molecule has 0 bridgehead atoms. The maximum atomic E-state index is 11.9. The van der Waals surface area contributed by atoms with Crippen LogP contribution in [-0.4, -0.2) is 59.2 Å². The summed E-state index contributed by atoms with van der Waals surface area (Å²) < 4.78 is 30.4. The molecule has 1 aliphatic rings. The summed E-state index contributed by atoms with van der Waals surface area (Å²) in [4.78, 5) is 0.298. The minimum atomic E-state index is -3.36. The molecule has 20 heavy (non-hydrogen) atoms. The first-order chi connectivity index (χ1) is 9.50. The number of anilines is 1. The molecule has 0 spiro atoms. The lowest BCUT2D eigenvalue weighted by Gasteiger charge is -2.24. The van der Waals surface area contributed by atoms with Gasteiger partial charge in [0.25, 0.3) is 0 Å². The highest BCUT2D eigenvalue weighted by Gasteiger charge is 2.17. The molecule has 2 rings (SSSR count). The van der Waals surface area contributed by atoms with Gasteiger partial charge in [-0.3, -0.25) is 0 Å². The summed E-state index contributed by atoms with van der Waals surface area (Å²) in [5, 5.41) is 6.62. The lowest BCUT2D eigenvalue weighted by Crippen LogP contribution is -2.45. The van der Waals surface area contributed by atoms with Gasteiger partial charge in [0, 0.05) is 38.9 Å². The largest absolute Gasteiger partial charge is 0.383 e. The lowest BCUT2D eigenvalue weighted by molar-refractivity contribution is 0.0806. The highest BCUT2D eigenvalue weighted by atomic mass is 32.2. The van der Waals surface area contributed by atoms with Crippen LogP contribution in [0.5, 0.6) is 0 Å². The van der Waals surface area contributed by atoms with Crippen molar-refractivity contribution < 1.29 is 13.2 Å². The van der Waals surface area contributed by atoms with Crippen molar-refractivity contribution in [3.8, 4) is 0 Å². The summed E-state index contributed by atoms with van der Waals surface area (Å²) in [6.45, 7) is 3.07. The van der Waals surface area contributed by atoms with E-state index in [4.69, 9.17) is 4.74 Å². The molecule has 112 valence electrons. The van der Waals surface area contributed by atoms with Crippen LogP contribution in [0.2, 0.25) is 0 Å². The van der Waals surface area contributed by atoms with Gasteiger partial charge in [0.2, 0.25) is 10.0 Å². The third-order valence-corrected chi connectivity index (χ3v) is 5.01. The minimum Gasteiger partial charge on any atom is -0.383 e. The molecule has 1 fully saturated rings. The molecule has 2 N–H and O–H groups in total. The first-order valence-corrected chi connectivity index (χ1v) is 8.02. The maximum absolute atomic E-state index is 11.9. The lowest BCUT2D eigenvalue weighted by atomic mass is 10.2. The van der Waals surface area contributed by atoms with E-state index in [2.05, 4.69) is 10.6 Å². The summed E-state index contributed by atoms with van der Waals surface area (Å²) >= 11 is 0. The van der Waals surface area contributed by atoms with Crippen LogP contribution >= 0.6 is 0 Å². The Morgan fingerprint density at radius 2 is 2.05 bits per heavy atom. The molecule has 1 aromatic rings. The number of benzene rings is 1. The van der Waals surface area contributed by atoms with E-state index in [1.807, 2.05) is 0 Å². The zero-order valence-corrected chi connectivity index (χ0v) is 12.6. The Labute approximate surface area is 120 Å². The fourth-order valence-electron chi connectivity index (χ4n) is 1.95. The molecule has 6 nitrogen and oxygen atoms in total. The molecule has 1 unspecified atom stereocenters. The van der Waals surface area contributed by atoms with Crippen LogP contribution in [0.3, 0.4) is 0 Å². The Bertz CT molecular complexity index is 522. The summed E-state index contributed by atoms with van der Waals surface area (Å²) in [5.74, 6) is 0. The molecular formula is C13H21N3O3S. The predicted octanol–water partition coefficient (Wildman–Crippen LogP) is 0.337. The molecule has 1 aromatic carbocycles. The second kappa shape index (κ2) is 6.53. The number of hydrogen-bond donors (Lipinski definition) is 2. The Balaban J connectivity index is 1.94. The van der Waals surface area contributed by atoms with Crippen molar-refractivity contribution in [2.45, 2.75) is 10.9 Å². The van der Waals surface area contributed by atoms with E-state index in [0.29, 0.717) is 11.5 Å². The van der Waals surface area contributed by atoms with Crippen molar-refractivity contribution >= 4 is 15.7 Å². The van der Waals surface area contributed by atoms with Crippen LogP contribution < -0.4 is 10.6 Å². The Morgan fingerprint density at radius 1 is 1.35 bits per heavy atom. The van der Waals surface area contributed by atoms with Gasteiger partial charge in [0.1, 0.15) is 0 Å². The van der Waals surface area contributed by atoms with E-state index in [9.17, 15) is 8.42 Å². The first-order valence-electron chi connectivity index (χ1n) is 6.58. The van der Waals surface area contributed by atoms with Gasteiger partial charge in [0.05, 0.1) is 18.1 Å². The number of ether oxygens (including phenoxy) is 1. The monoisotopic (exact) mass is 299 g/mol. The topological polar surface area (TPSA) is 70.7 Å². The molecule has 1 heterocycles. The smallest absolute Gasteiger partial charge is 0.242 e. The van der Waals surface area contributed by atoms with E-state index in [-0.39, 0.29) is 6.04 Å². The average Bonchev–Trinajstić information content (AvgIpc) is 2.46. The van der Waals surface area contributed by atoms with Crippen LogP contribution in [0.15, 0.2) is 29.2 Å². The number of hydrogen-bond acceptors (Lipinski definition) is 5. The number of morpholine rings is 1. The Morgan fingerprint density at radius 3 is 2.60 bits per heavy atom. The summed E-state index contributed by atoms with van der Waals surface area (Å²) in [5.41, 5.74) is 0.898. The van der Waals surface area contributed by atoms with E-state index in [1.54, 1.807) is 24.3 Å². The molecule has 0 amide bonds. The molecule has 1 atom stereocenters. The fourth-order valence-corrected chi connectivity index (χ4v) is 2.85. The first kappa shape index (κ1) is 15.2. The Kier molecular flexibility index (Phi) is 4.98. The zero-order chi connectivity index (χ0) is 14.6. The SMILES string of the molecule is CN(C)S(=O)(=O)c1ccc(NCC2COCCN2)cc1. The van der Waals surface area contributed by atoms with Crippen LogP contribution in [0.4, 0.5) is 5.69 Å². The van der Waals surface area contributed by atoms with Crippen molar-refractivity contribution in [1.82, 2.24) is 9.62 Å². The molecule has 0 aromatic heterocycles. The van der Waals surface area contributed by atoms with Crippen molar-refractivity contribution in [2.75, 3.05) is 45.7 Å². The van der Waals surface area contributed by atoms with Crippen molar-refractivity contribution in [3.05, 3.63) is 24.3 Å². The van der Waals surface area contributed by atoms with E-state index < -0.39 is 10.0 Å². The van der Waals surface area contributed by atoms with Crippen LogP contribution in [0.1, 0.15) is 0 Å². The summed E-state index contributed by atoms with van der Waals surface area (Å²) in [7, 11) is -0.308. The normalized spacial score (nSPS) is 20.1. The second-order valence-electron chi connectivity index (χ2n) is 4.92. The van der Waals surface area contributed by atoms with Crippen LogP contribution in [-0.2, 0) is 14.8 Å². The van der Waals surface area contributed by atoms with Gasteiger partial charge in [-0.05, 0) is 24.3 Å². The Hall–Kier alpha value is -1.15. The van der Waals surface area contributed by atoms with Gasteiger partial charge in [0.15, 0.2) is 0 Å². The molecule has 1 aliphatic heterocycles. The van der Waals surface area contributed by atoms with E-state index in [0.717, 1.165) is 25.4 Å². The van der Waals surface area contributed by atoms with Gasteiger partial charge >= 0.3 is 0 Å². The van der Waals surface area contributed by atoms with Crippen molar-refractivity contribution in [3.63, 3.8) is 0 Å². The predicted molar refractivity (Wildman–Crippen MR) is 78.4 cm³/mol. The quantitative estimate of drug-likeness (QED) is 0.820. The van der Waals surface area contributed by atoms with Gasteiger partial charge in [-0.1, -0.05) is 0 Å². The number of nitrogens with zero attached hydrogens (tertiary/aromatic N) is 1. The van der Waals surface area contributed by atoms with Crippen LogP contribution in [0.25, 0.3) is 0 Å². The number of nitrogens with one attached hydrogen (secondary N) is 2. The average molecular weight is 299 g/mol. The zero-order valence-electron chi connectivity index (χ0n) is 11.8. The molecular weight excluding hydrogens is 278 g/mol. The third kappa shape index (κ3) is 3.69. The number of sulfonamides is 1. The summed E-state index contributed by atoms with van der Waals surface area (Å²) in [6.07, 6.45) is 0. The minimum absolute atomic E-state index is 0.286. The van der Waals surface area contributed by atoms with E-state index >= 15 is 0 Å². The van der Waals surface area contributed by atoms with Gasteiger partial charge in [-0.15, -0.1) is 0 Å². The summed E-state index contributed by atoms with van der Waals surface area (Å²) in [6, 6.07) is 7.07. The third-order valence-electron chi connectivity index (χ3n) is 3.18. The van der Waals surface area contributed by atoms with Gasteiger partial charge in [-0.2, -0.15) is 0 Å². The molecule has 1 saturated heterocycles.